The van der Waals surface area contributed by atoms with Crippen molar-refractivity contribution in [3.63, 3.8) is 0 Å². The van der Waals surface area contributed by atoms with E-state index in [-0.39, 0.29) is 32.2 Å². The zero-order valence-corrected chi connectivity index (χ0v) is 16.6. The summed E-state index contributed by atoms with van der Waals surface area (Å²) in [4.78, 5) is 24.0. The van der Waals surface area contributed by atoms with Gasteiger partial charge in [0.15, 0.2) is 5.60 Å². The molecule has 2 aliphatic heterocycles. The van der Waals surface area contributed by atoms with Crippen molar-refractivity contribution in [2.75, 3.05) is 26.2 Å². The monoisotopic (exact) mass is 427 g/mol. The number of para-hydroxylation sites is 1. The van der Waals surface area contributed by atoms with Crippen LogP contribution in [0.2, 0.25) is 0 Å². The number of hydrogen-bond acceptors (Lipinski definition) is 6. The number of carboxylic acid groups (broad SMARTS) is 1. The van der Waals surface area contributed by atoms with Crippen molar-refractivity contribution in [3.05, 3.63) is 30.3 Å². The highest BCUT2D eigenvalue weighted by atomic mass is 32.2. The van der Waals surface area contributed by atoms with E-state index in [1.54, 1.807) is 0 Å². The fraction of sp³-hybridized carbons (Fsp3) is 0.556. The van der Waals surface area contributed by atoms with Crippen LogP contribution in [-0.2, 0) is 14.8 Å². The number of rotatable bonds is 5. The topological polar surface area (TPSA) is 150 Å². The number of β-amino-alcohol motifs (C(OH)–C–C–N with tert-alkyl or cyclic N) is 1. The van der Waals surface area contributed by atoms with Crippen molar-refractivity contribution in [2.24, 2.45) is 5.73 Å². The standard InChI is InChI=1S/C18H25N3O7S/c19-17(24)20-9-8-15(18(25,12-20)16(22)23)29(26,27)21-10-6-14(7-11-21)28-13-4-2-1-3-5-13/h1-5,14-15,25H,6-12H2,(H2,19,24)(H,22,23). The number of hydrogen-bond donors (Lipinski definition) is 3. The number of carbonyl (C=O) groups excluding carboxylic acids is 1. The maximum absolute atomic E-state index is 13.1. The number of primary amides is 1. The van der Waals surface area contributed by atoms with Crippen LogP contribution in [0.25, 0.3) is 0 Å². The number of carbonyl (C=O) groups is 2. The van der Waals surface area contributed by atoms with Gasteiger partial charge in [-0.05, 0) is 31.4 Å². The van der Waals surface area contributed by atoms with Crippen LogP contribution >= 0.6 is 0 Å². The van der Waals surface area contributed by atoms with Gasteiger partial charge in [-0.2, -0.15) is 0 Å². The summed E-state index contributed by atoms with van der Waals surface area (Å²) in [5.74, 6) is -0.993. The van der Waals surface area contributed by atoms with Gasteiger partial charge in [0.1, 0.15) is 17.1 Å². The van der Waals surface area contributed by atoms with E-state index in [0.717, 1.165) is 4.90 Å². The maximum Gasteiger partial charge on any atom is 0.339 e. The summed E-state index contributed by atoms with van der Waals surface area (Å²) in [6.07, 6.45) is 0.521. The number of amides is 2. The molecule has 3 rings (SSSR count). The molecule has 0 bridgehead atoms. The van der Waals surface area contributed by atoms with Crippen molar-refractivity contribution < 1.29 is 33.0 Å². The summed E-state index contributed by atoms with van der Waals surface area (Å²) in [6, 6.07) is 8.31. The van der Waals surface area contributed by atoms with Gasteiger partial charge in [0.05, 0.1) is 6.54 Å². The molecule has 2 heterocycles. The normalized spacial score (nSPS) is 26.8. The molecule has 29 heavy (non-hydrogen) atoms. The minimum absolute atomic E-state index is 0.0393. The van der Waals surface area contributed by atoms with Crippen LogP contribution in [0.15, 0.2) is 30.3 Å². The Kier molecular flexibility index (Phi) is 6.01. The number of nitrogens with zero attached hydrogens (tertiary/aromatic N) is 2. The number of aliphatic hydroxyl groups is 1. The molecular weight excluding hydrogens is 402 g/mol. The lowest BCUT2D eigenvalue weighted by Crippen LogP contribution is -2.67. The van der Waals surface area contributed by atoms with Gasteiger partial charge in [-0.15, -0.1) is 0 Å². The predicted molar refractivity (Wildman–Crippen MR) is 103 cm³/mol. The van der Waals surface area contributed by atoms with Crippen molar-refractivity contribution >= 4 is 22.0 Å². The number of sulfonamides is 1. The molecule has 2 unspecified atom stereocenters. The molecule has 10 nitrogen and oxygen atoms in total. The second kappa shape index (κ2) is 8.17. The van der Waals surface area contributed by atoms with E-state index < -0.39 is 39.4 Å². The third-order valence-electron chi connectivity index (χ3n) is 5.47. The Morgan fingerprint density at radius 3 is 2.28 bits per heavy atom. The van der Waals surface area contributed by atoms with Gasteiger partial charge in [-0.3, -0.25) is 0 Å². The Bertz CT molecular complexity index is 855. The highest BCUT2D eigenvalue weighted by Crippen LogP contribution is 2.32. The van der Waals surface area contributed by atoms with E-state index >= 15 is 0 Å². The molecule has 0 aromatic heterocycles. The van der Waals surface area contributed by atoms with Crippen molar-refractivity contribution in [3.8, 4) is 5.75 Å². The molecule has 2 atom stereocenters. The van der Waals surface area contributed by atoms with Gasteiger partial charge >= 0.3 is 12.0 Å². The summed E-state index contributed by atoms with van der Waals surface area (Å²) in [5, 5.41) is 18.6. The van der Waals surface area contributed by atoms with Crippen LogP contribution in [0.4, 0.5) is 4.79 Å². The highest BCUT2D eigenvalue weighted by Gasteiger charge is 2.56. The number of ether oxygens (including phenoxy) is 1. The molecule has 2 fully saturated rings. The van der Waals surface area contributed by atoms with Gasteiger partial charge in [0, 0.05) is 19.6 Å². The minimum atomic E-state index is -4.11. The van der Waals surface area contributed by atoms with Gasteiger partial charge in [-0.25, -0.2) is 22.3 Å². The van der Waals surface area contributed by atoms with Gasteiger partial charge < -0.3 is 25.6 Å². The predicted octanol–water partition coefficient (Wildman–Crippen LogP) is -0.172. The summed E-state index contributed by atoms with van der Waals surface area (Å²) >= 11 is 0. The molecule has 2 saturated heterocycles. The Morgan fingerprint density at radius 2 is 1.72 bits per heavy atom. The molecule has 0 radical (unpaired) electrons. The van der Waals surface area contributed by atoms with Crippen LogP contribution in [0.3, 0.4) is 0 Å². The average molecular weight is 427 g/mol. The molecule has 160 valence electrons. The van der Waals surface area contributed by atoms with E-state index in [9.17, 15) is 28.2 Å². The Morgan fingerprint density at radius 1 is 1.10 bits per heavy atom. The molecular formula is C18H25N3O7S. The van der Waals surface area contributed by atoms with Gasteiger partial charge in [0.2, 0.25) is 10.0 Å². The van der Waals surface area contributed by atoms with Crippen LogP contribution in [-0.4, -0.2) is 83.0 Å². The molecule has 2 aliphatic rings. The first-order valence-electron chi connectivity index (χ1n) is 9.35. The van der Waals surface area contributed by atoms with Crippen LogP contribution in [0.5, 0.6) is 5.75 Å². The van der Waals surface area contributed by atoms with E-state index in [4.69, 9.17) is 10.5 Å². The first-order valence-corrected chi connectivity index (χ1v) is 10.9. The summed E-state index contributed by atoms with van der Waals surface area (Å²) in [6.45, 7) is -0.394. The molecule has 11 heteroatoms. The zero-order valence-electron chi connectivity index (χ0n) is 15.8. The summed E-state index contributed by atoms with van der Waals surface area (Å²) in [7, 11) is -4.11. The van der Waals surface area contributed by atoms with Crippen molar-refractivity contribution in [1.82, 2.24) is 9.21 Å². The number of carboxylic acids is 1. The van der Waals surface area contributed by atoms with Crippen LogP contribution in [0, 0.1) is 0 Å². The maximum atomic E-state index is 13.1. The summed E-state index contributed by atoms with van der Waals surface area (Å²) in [5.41, 5.74) is 2.55. The fourth-order valence-corrected chi connectivity index (χ4v) is 6.00. The van der Waals surface area contributed by atoms with E-state index in [1.807, 2.05) is 30.3 Å². The molecule has 1 aromatic rings. The number of urea groups is 1. The second-order valence-electron chi connectivity index (χ2n) is 7.34. The van der Waals surface area contributed by atoms with Gasteiger partial charge in [-0.1, -0.05) is 18.2 Å². The lowest BCUT2D eigenvalue weighted by molar-refractivity contribution is -0.162. The number of nitrogens with two attached hydrogens (primary N) is 1. The Balaban J connectivity index is 1.70. The molecule has 0 aliphatic carbocycles. The molecule has 0 spiro atoms. The van der Waals surface area contributed by atoms with Crippen molar-refractivity contribution in [1.29, 1.82) is 0 Å². The SMILES string of the molecule is NC(=O)N1CCC(S(=O)(=O)N2CCC(Oc3ccccc3)CC2)C(O)(C(=O)O)C1. The first-order chi connectivity index (χ1) is 13.6. The molecule has 2 amide bonds. The third-order valence-corrected chi connectivity index (χ3v) is 7.90. The van der Waals surface area contributed by atoms with E-state index in [2.05, 4.69) is 0 Å². The number of benzene rings is 1. The molecule has 1 aromatic carbocycles. The van der Waals surface area contributed by atoms with Crippen LogP contribution in [0.1, 0.15) is 19.3 Å². The quantitative estimate of drug-likeness (QED) is 0.590. The number of aliphatic carboxylic acids is 1. The van der Waals surface area contributed by atoms with Crippen molar-refractivity contribution in [2.45, 2.75) is 36.2 Å². The Labute approximate surface area is 168 Å². The number of piperidine rings is 2. The minimum Gasteiger partial charge on any atom is -0.490 e. The first kappa shape index (κ1) is 21.3. The highest BCUT2D eigenvalue weighted by molar-refractivity contribution is 7.89. The van der Waals surface area contributed by atoms with Crippen LogP contribution < -0.4 is 10.5 Å². The zero-order chi connectivity index (χ0) is 21.2. The fourth-order valence-electron chi connectivity index (χ4n) is 3.85. The van der Waals surface area contributed by atoms with E-state index in [1.165, 1.54) is 4.31 Å². The molecule has 0 saturated carbocycles. The lowest BCUT2D eigenvalue weighted by Gasteiger charge is -2.43. The van der Waals surface area contributed by atoms with Gasteiger partial charge in [0.25, 0.3) is 0 Å². The third kappa shape index (κ3) is 4.31. The second-order valence-corrected chi connectivity index (χ2v) is 9.46. The lowest BCUT2D eigenvalue weighted by atomic mass is 9.92. The smallest absolute Gasteiger partial charge is 0.339 e. The average Bonchev–Trinajstić information content (AvgIpc) is 2.68. The largest absolute Gasteiger partial charge is 0.490 e. The summed E-state index contributed by atoms with van der Waals surface area (Å²) < 4.78 is 33.3. The Hall–Kier alpha value is -2.37. The number of likely N-dealkylation sites (tertiary alicyclic amines) is 1. The van der Waals surface area contributed by atoms with E-state index in [0.29, 0.717) is 18.6 Å². The molecule has 4 N–H and O–H groups in total.